The zero-order valence-electron chi connectivity index (χ0n) is 16.4. The molecule has 0 spiro atoms. The largest absolute Gasteiger partial charge is 0.465 e. The van der Waals surface area contributed by atoms with E-state index in [4.69, 9.17) is 0 Å². The van der Waals surface area contributed by atoms with Crippen LogP contribution in [0.15, 0.2) is 47.5 Å². The Bertz CT molecular complexity index is 866. The monoisotopic (exact) mass is 402 g/mol. The van der Waals surface area contributed by atoms with Crippen LogP contribution in [0.2, 0.25) is 0 Å². The first-order valence-electron chi connectivity index (χ1n) is 9.35. The minimum atomic E-state index is -0.552. The van der Waals surface area contributed by atoms with E-state index in [1.807, 2.05) is 12.1 Å². The zero-order valence-corrected chi connectivity index (χ0v) is 16.4. The van der Waals surface area contributed by atoms with Gasteiger partial charge in [-0.15, -0.1) is 0 Å². The van der Waals surface area contributed by atoms with E-state index in [1.165, 1.54) is 25.3 Å². The number of nitrogens with one attached hydrogen (secondary N) is 2. The Morgan fingerprint density at radius 1 is 1.21 bits per heavy atom. The summed E-state index contributed by atoms with van der Waals surface area (Å²) in [6, 6.07) is 11.0. The number of methoxy groups -OCH3 is 1. The van der Waals surface area contributed by atoms with Gasteiger partial charge >= 0.3 is 5.97 Å². The van der Waals surface area contributed by atoms with Gasteiger partial charge in [-0.25, -0.2) is 13.6 Å². The summed E-state index contributed by atoms with van der Waals surface area (Å²) in [5.41, 5.74) is 1.48. The van der Waals surface area contributed by atoms with E-state index in [1.54, 1.807) is 24.1 Å². The third kappa shape index (κ3) is 5.01. The summed E-state index contributed by atoms with van der Waals surface area (Å²) < 4.78 is 32.7. The molecule has 1 atom stereocenters. The molecule has 0 saturated carbocycles. The number of esters is 1. The molecule has 1 aliphatic rings. The van der Waals surface area contributed by atoms with Gasteiger partial charge in [0.1, 0.15) is 17.3 Å². The quantitative estimate of drug-likeness (QED) is 0.457. The van der Waals surface area contributed by atoms with Gasteiger partial charge in [-0.2, -0.15) is 0 Å². The lowest BCUT2D eigenvalue weighted by molar-refractivity contribution is 0.0600. The van der Waals surface area contributed by atoms with Crippen LogP contribution in [0.4, 0.5) is 14.5 Å². The normalized spacial score (nSPS) is 16.6. The molecule has 1 heterocycles. The number of carbonyl (C=O) groups is 1. The third-order valence-corrected chi connectivity index (χ3v) is 4.84. The minimum absolute atomic E-state index is 0.0157. The maximum atomic E-state index is 14.0. The summed E-state index contributed by atoms with van der Waals surface area (Å²) in [6.45, 7) is 1.55. The number of aliphatic imine (C=N–C) groups is 1. The lowest BCUT2D eigenvalue weighted by atomic mass is 10.1. The van der Waals surface area contributed by atoms with Crippen LogP contribution in [0.3, 0.4) is 0 Å². The topological polar surface area (TPSA) is 66.0 Å². The van der Waals surface area contributed by atoms with E-state index in [9.17, 15) is 13.6 Å². The van der Waals surface area contributed by atoms with Crippen molar-refractivity contribution in [3.05, 3.63) is 65.2 Å². The fourth-order valence-corrected chi connectivity index (χ4v) is 3.32. The van der Waals surface area contributed by atoms with Crippen molar-refractivity contribution in [1.29, 1.82) is 0 Å². The first kappa shape index (κ1) is 20.6. The number of ether oxygens (including phenoxy) is 1. The fourth-order valence-electron chi connectivity index (χ4n) is 3.32. The first-order chi connectivity index (χ1) is 14.0. The molecule has 0 radical (unpaired) electrons. The van der Waals surface area contributed by atoms with Crippen molar-refractivity contribution < 1.29 is 18.3 Å². The van der Waals surface area contributed by atoms with Gasteiger partial charge in [-0.1, -0.05) is 18.2 Å². The third-order valence-electron chi connectivity index (χ3n) is 4.84. The Morgan fingerprint density at radius 3 is 2.52 bits per heavy atom. The van der Waals surface area contributed by atoms with Crippen LogP contribution >= 0.6 is 0 Å². The summed E-state index contributed by atoms with van der Waals surface area (Å²) in [5.74, 6) is -0.880. The van der Waals surface area contributed by atoms with Gasteiger partial charge in [0.25, 0.3) is 0 Å². The zero-order chi connectivity index (χ0) is 20.8. The first-order valence-corrected chi connectivity index (χ1v) is 9.35. The highest BCUT2D eigenvalue weighted by atomic mass is 19.1. The second kappa shape index (κ2) is 9.36. The van der Waals surface area contributed by atoms with Crippen molar-refractivity contribution in [2.75, 3.05) is 32.1 Å². The molecule has 0 amide bonds. The predicted octanol–water partition coefficient (Wildman–Crippen LogP) is 2.70. The molecular formula is C21H24F2N4O2. The number of hydrogen-bond acceptors (Lipinski definition) is 4. The van der Waals surface area contributed by atoms with E-state index in [2.05, 4.69) is 20.4 Å². The number of rotatable bonds is 5. The highest BCUT2D eigenvalue weighted by Gasteiger charge is 2.27. The maximum Gasteiger partial charge on any atom is 0.337 e. The molecule has 1 unspecified atom stereocenters. The minimum Gasteiger partial charge on any atom is -0.465 e. The molecule has 2 N–H and O–H groups in total. The number of nitrogens with zero attached hydrogens (tertiary/aromatic N) is 2. The smallest absolute Gasteiger partial charge is 0.337 e. The van der Waals surface area contributed by atoms with Gasteiger partial charge in [0, 0.05) is 32.7 Å². The molecule has 1 saturated heterocycles. The molecule has 6 nitrogen and oxygen atoms in total. The molecule has 0 aliphatic carbocycles. The van der Waals surface area contributed by atoms with Crippen molar-refractivity contribution in [2.24, 2.45) is 4.99 Å². The lowest BCUT2D eigenvalue weighted by Crippen LogP contribution is -2.44. The molecule has 2 aromatic rings. The molecule has 0 bridgehead atoms. The van der Waals surface area contributed by atoms with E-state index in [-0.39, 0.29) is 17.7 Å². The Balaban J connectivity index is 1.54. The van der Waals surface area contributed by atoms with Crippen LogP contribution in [0, 0.1) is 11.6 Å². The number of hydrogen-bond donors (Lipinski definition) is 2. The number of anilines is 1. The Kier molecular flexibility index (Phi) is 6.64. The molecule has 154 valence electrons. The summed E-state index contributed by atoms with van der Waals surface area (Å²) in [7, 11) is 3.01. The van der Waals surface area contributed by atoms with Crippen molar-refractivity contribution >= 4 is 17.6 Å². The van der Waals surface area contributed by atoms with Crippen LogP contribution < -0.4 is 15.5 Å². The van der Waals surface area contributed by atoms with Crippen molar-refractivity contribution in [3.8, 4) is 0 Å². The Hall–Kier alpha value is -3.16. The van der Waals surface area contributed by atoms with Crippen LogP contribution in [0.5, 0.6) is 0 Å². The van der Waals surface area contributed by atoms with Crippen LogP contribution in [0.1, 0.15) is 22.3 Å². The molecule has 1 fully saturated rings. The summed E-state index contributed by atoms with van der Waals surface area (Å²) in [4.78, 5) is 17.4. The van der Waals surface area contributed by atoms with E-state index >= 15 is 0 Å². The Labute approximate surface area is 168 Å². The summed E-state index contributed by atoms with van der Waals surface area (Å²) in [5, 5.41) is 6.50. The second-order valence-electron chi connectivity index (χ2n) is 6.76. The molecule has 8 heteroatoms. The highest BCUT2D eigenvalue weighted by Crippen LogP contribution is 2.26. The summed E-state index contributed by atoms with van der Waals surface area (Å²) in [6.07, 6.45) is 0.738. The van der Waals surface area contributed by atoms with Gasteiger partial charge in [0.05, 0.1) is 12.7 Å². The number of halogens is 2. The maximum absolute atomic E-state index is 14.0. The van der Waals surface area contributed by atoms with Crippen molar-refractivity contribution in [1.82, 2.24) is 10.6 Å². The SMILES string of the molecule is CN=C(NCc1ccc(C(=O)OC)cc1)NC1CCN(c2c(F)cccc2F)C1. The van der Waals surface area contributed by atoms with Gasteiger partial charge in [-0.3, -0.25) is 4.99 Å². The van der Waals surface area contributed by atoms with Gasteiger partial charge < -0.3 is 20.3 Å². The fraction of sp³-hybridized carbons (Fsp3) is 0.333. The van der Waals surface area contributed by atoms with Gasteiger partial charge in [-0.05, 0) is 36.2 Å². The van der Waals surface area contributed by atoms with Crippen LogP contribution in [0.25, 0.3) is 0 Å². The van der Waals surface area contributed by atoms with Crippen molar-refractivity contribution in [2.45, 2.75) is 19.0 Å². The van der Waals surface area contributed by atoms with E-state index in [0.29, 0.717) is 31.2 Å². The molecule has 2 aromatic carbocycles. The molecule has 1 aliphatic heterocycles. The van der Waals surface area contributed by atoms with Crippen molar-refractivity contribution in [3.63, 3.8) is 0 Å². The highest BCUT2D eigenvalue weighted by molar-refractivity contribution is 5.89. The average Bonchev–Trinajstić information content (AvgIpc) is 3.18. The lowest BCUT2D eigenvalue weighted by Gasteiger charge is -2.21. The number of benzene rings is 2. The average molecular weight is 402 g/mol. The molecule has 0 aromatic heterocycles. The second-order valence-corrected chi connectivity index (χ2v) is 6.76. The van der Waals surface area contributed by atoms with E-state index in [0.717, 1.165) is 12.0 Å². The van der Waals surface area contributed by atoms with Crippen LogP contribution in [-0.4, -0.2) is 45.2 Å². The molecule has 3 rings (SSSR count). The standard InChI is InChI=1S/C21H24F2N4O2/c1-24-21(25-12-14-6-8-15(9-7-14)20(28)29-2)26-16-10-11-27(13-16)19-17(22)4-3-5-18(19)23/h3-9,16H,10-13H2,1-2H3,(H2,24,25,26). The number of guanidine groups is 1. The van der Waals surface area contributed by atoms with Gasteiger partial charge in [0.2, 0.25) is 0 Å². The number of carbonyl (C=O) groups excluding carboxylic acids is 1. The van der Waals surface area contributed by atoms with Gasteiger partial charge in [0.15, 0.2) is 5.96 Å². The van der Waals surface area contributed by atoms with Crippen LogP contribution in [-0.2, 0) is 11.3 Å². The Morgan fingerprint density at radius 2 is 1.90 bits per heavy atom. The number of para-hydroxylation sites is 1. The molecular weight excluding hydrogens is 378 g/mol. The van der Waals surface area contributed by atoms with E-state index < -0.39 is 11.6 Å². The summed E-state index contributed by atoms with van der Waals surface area (Å²) >= 11 is 0. The molecule has 29 heavy (non-hydrogen) atoms. The predicted molar refractivity (Wildman–Crippen MR) is 108 cm³/mol.